The molecule has 1 atom stereocenters. The molecule has 1 unspecified atom stereocenters. The van der Waals surface area contributed by atoms with Crippen LogP contribution in [0.3, 0.4) is 0 Å². The molecule has 8 nitrogen and oxygen atoms in total. The maximum absolute atomic E-state index is 13.4. The Kier molecular flexibility index (Phi) is 6.30. The molecule has 4 aromatic rings. The number of aromatic nitrogens is 1. The highest BCUT2D eigenvalue weighted by molar-refractivity contribution is 7.10. The van der Waals surface area contributed by atoms with Gasteiger partial charge in [0.25, 0.3) is 11.6 Å². The van der Waals surface area contributed by atoms with Gasteiger partial charge in [-0.05, 0) is 60.6 Å². The van der Waals surface area contributed by atoms with E-state index in [4.69, 9.17) is 9.72 Å². The molecule has 0 saturated carbocycles. The van der Waals surface area contributed by atoms with Crippen LogP contribution in [-0.2, 0) is 16.0 Å². The van der Waals surface area contributed by atoms with E-state index in [1.165, 1.54) is 25.1 Å². The number of nitro groups is 1. The minimum atomic E-state index is -1.18. The number of thiophene rings is 1. The SMILES string of the molecule is CC(OC(=O)c1c2c(nc3ccccc13)/C(=C\c1cccs1)CC2)C(=O)Nc1ccccc1[N+](=O)[O-]. The van der Waals surface area contributed by atoms with Crippen LogP contribution in [0.2, 0.25) is 0 Å². The zero-order valence-electron chi connectivity index (χ0n) is 19.3. The number of nitrogens with one attached hydrogen (secondary N) is 1. The molecule has 0 fully saturated rings. The summed E-state index contributed by atoms with van der Waals surface area (Å²) in [6, 6.07) is 17.2. The summed E-state index contributed by atoms with van der Waals surface area (Å²) in [6.45, 7) is 1.44. The number of fused-ring (bicyclic) bond motifs is 2. The molecular weight excluding hydrogens is 478 g/mol. The van der Waals surface area contributed by atoms with Gasteiger partial charge in [0, 0.05) is 16.3 Å². The first kappa shape index (κ1) is 23.4. The van der Waals surface area contributed by atoms with Gasteiger partial charge in [0.05, 0.1) is 21.7 Å². The third kappa shape index (κ3) is 4.48. The smallest absolute Gasteiger partial charge is 0.339 e. The van der Waals surface area contributed by atoms with Crippen LogP contribution < -0.4 is 5.32 Å². The Morgan fingerprint density at radius 1 is 1.11 bits per heavy atom. The van der Waals surface area contributed by atoms with E-state index in [9.17, 15) is 19.7 Å². The second kappa shape index (κ2) is 9.71. The number of amides is 1. The number of allylic oxidation sites excluding steroid dienone is 1. The molecule has 0 aliphatic heterocycles. The van der Waals surface area contributed by atoms with Gasteiger partial charge in [-0.25, -0.2) is 9.78 Å². The molecule has 2 aromatic heterocycles. The lowest BCUT2D eigenvalue weighted by molar-refractivity contribution is -0.383. The molecule has 36 heavy (non-hydrogen) atoms. The average Bonchev–Trinajstić information content (AvgIpc) is 3.53. The third-order valence-corrected chi connectivity index (χ3v) is 6.84. The van der Waals surface area contributed by atoms with Crippen molar-refractivity contribution in [3.05, 3.63) is 97.9 Å². The largest absolute Gasteiger partial charge is 0.449 e. The maximum atomic E-state index is 13.4. The fourth-order valence-corrected chi connectivity index (χ4v) is 4.98. The first-order valence-corrected chi connectivity index (χ1v) is 12.2. The van der Waals surface area contributed by atoms with Crippen molar-refractivity contribution in [2.75, 3.05) is 5.32 Å². The molecule has 0 spiro atoms. The Balaban J connectivity index is 1.45. The molecular formula is C27H21N3O5S. The second-order valence-corrected chi connectivity index (χ2v) is 9.31. The number of para-hydroxylation sites is 3. The fraction of sp³-hybridized carbons (Fsp3) is 0.148. The van der Waals surface area contributed by atoms with Gasteiger partial charge < -0.3 is 10.1 Å². The molecule has 0 bridgehead atoms. The number of ether oxygens (including phenoxy) is 1. The van der Waals surface area contributed by atoms with E-state index in [1.807, 2.05) is 41.8 Å². The van der Waals surface area contributed by atoms with Crippen LogP contribution in [-0.4, -0.2) is 27.9 Å². The van der Waals surface area contributed by atoms with Gasteiger partial charge in [-0.3, -0.25) is 14.9 Å². The maximum Gasteiger partial charge on any atom is 0.339 e. The van der Waals surface area contributed by atoms with E-state index in [-0.39, 0.29) is 11.4 Å². The molecule has 2 heterocycles. The summed E-state index contributed by atoms with van der Waals surface area (Å²) >= 11 is 1.63. The van der Waals surface area contributed by atoms with Crippen LogP contribution in [0.1, 0.15) is 39.8 Å². The number of esters is 1. The number of nitro benzene ring substituents is 1. The lowest BCUT2D eigenvalue weighted by Crippen LogP contribution is -2.30. The molecule has 1 N–H and O–H groups in total. The predicted molar refractivity (Wildman–Crippen MR) is 139 cm³/mol. The predicted octanol–water partition coefficient (Wildman–Crippen LogP) is 5.88. The van der Waals surface area contributed by atoms with E-state index in [2.05, 4.69) is 11.4 Å². The van der Waals surface area contributed by atoms with Crippen LogP contribution in [0, 0.1) is 10.1 Å². The summed E-state index contributed by atoms with van der Waals surface area (Å²) in [5.74, 6) is -1.29. The van der Waals surface area contributed by atoms with Crippen molar-refractivity contribution in [3.63, 3.8) is 0 Å². The Bertz CT molecular complexity index is 1530. The van der Waals surface area contributed by atoms with Crippen molar-refractivity contribution in [1.82, 2.24) is 4.98 Å². The van der Waals surface area contributed by atoms with Gasteiger partial charge in [-0.2, -0.15) is 0 Å². The van der Waals surface area contributed by atoms with Crippen LogP contribution in [0.15, 0.2) is 66.0 Å². The van der Waals surface area contributed by atoms with Crippen LogP contribution >= 0.6 is 11.3 Å². The monoisotopic (exact) mass is 499 g/mol. The number of anilines is 1. The molecule has 1 aliphatic carbocycles. The third-order valence-electron chi connectivity index (χ3n) is 6.02. The quantitative estimate of drug-likeness (QED) is 0.202. The normalized spacial score (nSPS) is 14.4. The number of hydrogen-bond donors (Lipinski definition) is 1. The molecule has 0 saturated heterocycles. The van der Waals surface area contributed by atoms with Gasteiger partial charge in [0.15, 0.2) is 6.10 Å². The zero-order chi connectivity index (χ0) is 25.2. The number of nitrogens with zero attached hydrogens (tertiary/aromatic N) is 2. The van der Waals surface area contributed by atoms with Crippen molar-refractivity contribution in [2.45, 2.75) is 25.9 Å². The summed E-state index contributed by atoms with van der Waals surface area (Å²) in [7, 11) is 0. The number of rotatable bonds is 6. The van der Waals surface area contributed by atoms with Gasteiger partial charge in [0.2, 0.25) is 0 Å². The van der Waals surface area contributed by atoms with Crippen molar-refractivity contribution in [2.24, 2.45) is 0 Å². The lowest BCUT2D eigenvalue weighted by Gasteiger charge is -2.16. The summed E-state index contributed by atoms with van der Waals surface area (Å²) < 4.78 is 5.58. The minimum absolute atomic E-state index is 0.0361. The van der Waals surface area contributed by atoms with Gasteiger partial charge >= 0.3 is 5.97 Å². The van der Waals surface area contributed by atoms with Gasteiger partial charge in [-0.15, -0.1) is 11.3 Å². The van der Waals surface area contributed by atoms with E-state index in [0.29, 0.717) is 22.9 Å². The molecule has 9 heteroatoms. The van der Waals surface area contributed by atoms with Gasteiger partial charge in [0.1, 0.15) is 5.69 Å². The lowest BCUT2D eigenvalue weighted by atomic mass is 10.0. The molecule has 180 valence electrons. The highest BCUT2D eigenvalue weighted by Crippen LogP contribution is 2.38. The van der Waals surface area contributed by atoms with E-state index in [1.54, 1.807) is 17.4 Å². The molecule has 0 radical (unpaired) electrons. The highest BCUT2D eigenvalue weighted by atomic mass is 32.1. The standard InChI is InChI=1S/C27H21N3O5S/c1-16(26(31)29-22-10-4-5-11-23(22)30(33)34)35-27(32)24-19-8-2-3-9-21(19)28-25-17(12-13-20(24)25)15-18-7-6-14-36-18/h2-11,14-16H,12-13H2,1H3,(H,29,31)/b17-15-. The summed E-state index contributed by atoms with van der Waals surface area (Å²) in [4.78, 5) is 42.8. The molecule has 1 aliphatic rings. The fourth-order valence-electron chi connectivity index (χ4n) is 4.30. The molecule has 2 aromatic carbocycles. The minimum Gasteiger partial charge on any atom is -0.449 e. The first-order valence-electron chi connectivity index (χ1n) is 11.3. The number of hydrogen-bond acceptors (Lipinski definition) is 7. The zero-order valence-corrected chi connectivity index (χ0v) is 20.1. The Morgan fingerprint density at radius 2 is 1.89 bits per heavy atom. The van der Waals surface area contributed by atoms with Crippen LogP contribution in [0.4, 0.5) is 11.4 Å². The number of benzene rings is 2. The Labute approximate surface area is 210 Å². The van der Waals surface area contributed by atoms with Crippen LogP contribution in [0.5, 0.6) is 0 Å². The van der Waals surface area contributed by atoms with Gasteiger partial charge in [-0.1, -0.05) is 36.4 Å². The highest BCUT2D eigenvalue weighted by Gasteiger charge is 2.30. The summed E-state index contributed by atoms with van der Waals surface area (Å²) in [6.07, 6.45) is 2.29. The second-order valence-electron chi connectivity index (χ2n) is 8.33. The topological polar surface area (TPSA) is 111 Å². The van der Waals surface area contributed by atoms with Crippen molar-refractivity contribution in [1.29, 1.82) is 0 Å². The number of pyridine rings is 1. The number of carbonyl (C=O) groups excluding carboxylic acids is 2. The van der Waals surface area contributed by atoms with Crippen molar-refractivity contribution >= 4 is 57.1 Å². The first-order chi connectivity index (χ1) is 17.4. The molecule has 1 amide bonds. The Morgan fingerprint density at radius 3 is 2.67 bits per heavy atom. The van der Waals surface area contributed by atoms with Crippen molar-refractivity contribution in [3.8, 4) is 0 Å². The Hall–Kier alpha value is -4.37. The summed E-state index contributed by atoms with van der Waals surface area (Å²) in [5, 5.41) is 16.4. The van der Waals surface area contributed by atoms with Crippen LogP contribution in [0.25, 0.3) is 22.6 Å². The van der Waals surface area contributed by atoms with E-state index >= 15 is 0 Å². The summed E-state index contributed by atoms with van der Waals surface area (Å²) in [5.41, 5.74) is 3.48. The van der Waals surface area contributed by atoms with E-state index in [0.717, 1.165) is 28.1 Å². The average molecular weight is 500 g/mol. The van der Waals surface area contributed by atoms with Crippen molar-refractivity contribution < 1.29 is 19.2 Å². The molecule has 5 rings (SSSR count). The van der Waals surface area contributed by atoms with E-state index < -0.39 is 22.9 Å². The number of carbonyl (C=O) groups is 2.